The van der Waals surface area contributed by atoms with Crippen molar-refractivity contribution in [2.24, 2.45) is 0 Å². The molecule has 0 aliphatic rings. The van der Waals surface area contributed by atoms with E-state index >= 15 is 0 Å². The fourth-order valence-corrected chi connectivity index (χ4v) is 20.2. The lowest BCUT2D eigenvalue weighted by Crippen LogP contribution is -2.55. The van der Waals surface area contributed by atoms with Gasteiger partial charge in [0.05, 0.1) is 6.61 Å². The van der Waals surface area contributed by atoms with Gasteiger partial charge in [0.2, 0.25) is 0 Å². The third kappa shape index (κ3) is 18.4. The minimum absolute atomic E-state index is 0.274. The molecule has 32 heavy (non-hydrogen) atoms. The molecule has 0 bridgehead atoms. The molecule has 0 N–H and O–H groups in total. The van der Waals surface area contributed by atoms with E-state index in [1.54, 1.807) is 6.92 Å². The Morgan fingerprint density at radius 3 is 1.69 bits per heavy atom. The number of hydrogen-bond acceptors (Lipinski definition) is 5. The van der Waals surface area contributed by atoms with Crippen LogP contribution in [-0.4, -0.2) is 47.1 Å². The largest absolute Gasteiger partial charge is 0.462 e. The van der Waals surface area contributed by atoms with Crippen LogP contribution in [0.1, 0.15) is 64.7 Å². The number of carbonyl (C=O) groups excluding carboxylic acids is 1. The van der Waals surface area contributed by atoms with Crippen LogP contribution < -0.4 is 0 Å². The van der Waals surface area contributed by atoms with Crippen LogP contribution in [0.15, 0.2) is 12.2 Å². The summed E-state index contributed by atoms with van der Waals surface area (Å²) >= 11 is 0. The van der Waals surface area contributed by atoms with Crippen LogP contribution in [0.4, 0.5) is 0 Å². The molecule has 9 heteroatoms. The van der Waals surface area contributed by atoms with E-state index < -0.39 is 34.5 Å². The van der Waals surface area contributed by atoms with Gasteiger partial charge in [-0.2, -0.15) is 0 Å². The second-order valence-corrected chi connectivity index (χ2v) is 24.8. The molecule has 0 fully saturated rings. The number of rotatable bonds is 19. The predicted octanol–water partition coefficient (Wildman–Crippen LogP) is 7.53. The number of ether oxygens (including phenoxy) is 1. The summed E-state index contributed by atoms with van der Waals surface area (Å²) in [6.45, 7) is 23.5. The lowest BCUT2D eigenvalue weighted by Gasteiger charge is -2.39. The molecular weight excluding hydrogens is 469 g/mol. The van der Waals surface area contributed by atoms with Crippen molar-refractivity contribution in [3.63, 3.8) is 0 Å². The quantitative estimate of drug-likeness (QED) is 0.0764. The molecule has 0 aromatic rings. The molecule has 0 aromatic carbocycles. The third-order valence-electron chi connectivity index (χ3n) is 4.79. The second kappa shape index (κ2) is 15.8. The highest BCUT2D eigenvalue weighted by Crippen LogP contribution is 2.26. The van der Waals surface area contributed by atoms with Gasteiger partial charge in [0.15, 0.2) is 17.4 Å². The first kappa shape index (κ1) is 32.0. The second-order valence-electron chi connectivity index (χ2n) is 10.7. The molecule has 0 aliphatic carbocycles. The van der Waals surface area contributed by atoms with Gasteiger partial charge in [0.25, 0.3) is 0 Å². The van der Waals surface area contributed by atoms with Crippen molar-refractivity contribution >= 4 is 40.4 Å². The van der Waals surface area contributed by atoms with E-state index in [0.717, 1.165) is 18.9 Å². The summed E-state index contributed by atoms with van der Waals surface area (Å²) in [5.74, 6) is -0.274. The molecule has 0 heterocycles. The zero-order valence-electron chi connectivity index (χ0n) is 22.5. The maximum atomic E-state index is 11.3. The van der Waals surface area contributed by atoms with Gasteiger partial charge in [-0.1, -0.05) is 57.9 Å². The van der Waals surface area contributed by atoms with Gasteiger partial charge in [0, 0.05) is 5.57 Å². The van der Waals surface area contributed by atoms with Crippen molar-refractivity contribution in [1.29, 1.82) is 0 Å². The minimum Gasteiger partial charge on any atom is -0.462 e. The molecule has 0 saturated carbocycles. The Morgan fingerprint density at radius 1 is 0.781 bits per heavy atom. The first-order valence-corrected chi connectivity index (χ1v) is 23.5. The third-order valence-corrected chi connectivity index (χ3v) is 17.5. The number of hydrogen-bond donors (Lipinski definition) is 0. The van der Waals surface area contributed by atoms with E-state index in [4.69, 9.17) is 17.1 Å². The predicted molar refractivity (Wildman–Crippen MR) is 145 cm³/mol. The Bertz CT molecular complexity index is 549. The monoisotopic (exact) mass is 519 g/mol. The molecule has 5 nitrogen and oxygen atoms in total. The zero-order valence-corrected chi connectivity index (χ0v) is 26.5. The number of carbonyl (C=O) groups is 1. The van der Waals surface area contributed by atoms with Gasteiger partial charge in [-0.15, -0.1) is 0 Å². The highest BCUT2D eigenvalue weighted by Gasteiger charge is 2.42. The molecule has 1 unspecified atom stereocenters. The van der Waals surface area contributed by atoms with Gasteiger partial charge < -0.3 is 17.1 Å². The lowest BCUT2D eigenvalue weighted by atomic mass is 10.1. The van der Waals surface area contributed by atoms with E-state index in [1.807, 2.05) is 0 Å². The van der Waals surface area contributed by atoms with Gasteiger partial charge in [-0.05, 0) is 71.8 Å². The normalized spacial score (nSPS) is 14.4. The molecule has 0 aromatic heterocycles. The van der Waals surface area contributed by atoms with Crippen molar-refractivity contribution in [1.82, 2.24) is 0 Å². The molecule has 0 saturated heterocycles. The van der Waals surface area contributed by atoms with Gasteiger partial charge in [0.1, 0.15) is 0 Å². The molecular formula is C23H51O5Si4. The molecule has 0 rings (SSSR count). The van der Waals surface area contributed by atoms with Gasteiger partial charge in [-0.25, -0.2) is 4.79 Å². The van der Waals surface area contributed by atoms with Crippen LogP contribution in [0.2, 0.25) is 58.4 Å². The summed E-state index contributed by atoms with van der Waals surface area (Å²) in [4.78, 5) is 11.3. The topological polar surface area (TPSA) is 54.0 Å². The Hall–Kier alpha value is -0.0425. The van der Waals surface area contributed by atoms with Crippen molar-refractivity contribution in [3.05, 3.63) is 12.2 Å². The molecule has 0 spiro atoms. The average Bonchev–Trinajstić information content (AvgIpc) is 2.58. The summed E-state index contributed by atoms with van der Waals surface area (Å²) in [6, 6.07) is 1.07. The van der Waals surface area contributed by atoms with Crippen LogP contribution in [-0.2, 0) is 21.9 Å². The molecule has 0 amide bonds. The molecule has 1 atom stereocenters. The fraction of sp³-hybridized carbons (Fsp3) is 0.870. The number of esters is 1. The van der Waals surface area contributed by atoms with Crippen molar-refractivity contribution in [2.75, 3.05) is 6.61 Å². The van der Waals surface area contributed by atoms with E-state index in [2.05, 4.69) is 59.0 Å². The van der Waals surface area contributed by atoms with Crippen LogP contribution in [0.25, 0.3) is 0 Å². The van der Waals surface area contributed by atoms with E-state index in [-0.39, 0.29) is 5.97 Å². The van der Waals surface area contributed by atoms with Crippen LogP contribution >= 0.6 is 0 Å². The van der Waals surface area contributed by atoms with Gasteiger partial charge >= 0.3 is 23.1 Å². The van der Waals surface area contributed by atoms with Gasteiger partial charge in [-0.3, -0.25) is 0 Å². The average molecular weight is 520 g/mol. The van der Waals surface area contributed by atoms with Crippen LogP contribution in [0.5, 0.6) is 0 Å². The Kier molecular flexibility index (Phi) is 15.8. The highest BCUT2D eigenvalue weighted by atomic mass is 28.5. The summed E-state index contributed by atoms with van der Waals surface area (Å²) in [5, 5.41) is 0. The highest BCUT2D eigenvalue weighted by molar-refractivity contribution is 6.87. The fourth-order valence-electron chi connectivity index (χ4n) is 3.91. The summed E-state index contributed by atoms with van der Waals surface area (Å²) in [5.41, 5.74) is 0.475. The maximum absolute atomic E-state index is 11.3. The molecule has 0 aliphatic heterocycles. The Morgan fingerprint density at radius 2 is 1.25 bits per heavy atom. The summed E-state index contributed by atoms with van der Waals surface area (Å²) in [7, 11) is -6.78. The number of unbranched alkanes of at least 4 members (excludes halogenated alkanes) is 8. The molecule has 189 valence electrons. The first-order valence-electron chi connectivity index (χ1n) is 12.4. The maximum Gasteiger partial charge on any atom is 0.333 e. The summed E-state index contributed by atoms with van der Waals surface area (Å²) < 4.78 is 24.7. The van der Waals surface area contributed by atoms with Crippen molar-refractivity contribution < 1.29 is 21.9 Å². The Labute approximate surface area is 204 Å². The SMILES string of the molecule is C=C(C)C(=O)OCCCCCCCCCCC[Si](C)(O[Si](C)C)O[Si](C)(C)O[Si](C)(C)C. The van der Waals surface area contributed by atoms with E-state index in [0.29, 0.717) is 12.2 Å². The zero-order chi connectivity index (χ0) is 24.8. The smallest absolute Gasteiger partial charge is 0.333 e. The van der Waals surface area contributed by atoms with Crippen LogP contribution in [0.3, 0.4) is 0 Å². The lowest BCUT2D eigenvalue weighted by molar-refractivity contribution is -0.139. The van der Waals surface area contributed by atoms with E-state index in [1.165, 1.54) is 44.9 Å². The first-order chi connectivity index (χ1) is 14.7. The van der Waals surface area contributed by atoms with Crippen molar-refractivity contribution in [3.8, 4) is 0 Å². The minimum atomic E-state index is -2.19. The standard InChI is InChI=1S/C23H51O5Si4/c1-22(2)23(24)25-20-18-16-14-12-11-13-15-17-19-21-32(10,26-29(3)4)28-31(8,9)27-30(5,6)7/h1,11-21H2,2-10H3. The Balaban J connectivity index is 4.05. The summed E-state index contributed by atoms with van der Waals surface area (Å²) in [6.07, 6.45) is 10.8. The van der Waals surface area contributed by atoms with Crippen LogP contribution in [0, 0.1) is 0 Å². The van der Waals surface area contributed by atoms with E-state index in [9.17, 15) is 4.79 Å². The van der Waals surface area contributed by atoms with Crippen molar-refractivity contribution in [2.45, 2.75) is 123 Å². The molecule has 1 radical (unpaired) electrons.